The number of aliphatic imine (C=N–C) groups is 1. The van der Waals surface area contributed by atoms with Gasteiger partial charge in [-0.3, -0.25) is 9.89 Å². The maximum atomic E-state index is 5.57. The maximum Gasteiger partial charge on any atom is 0.194 e. The third kappa shape index (κ3) is 5.77. The summed E-state index contributed by atoms with van der Waals surface area (Å²) in [5.41, 5.74) is 1.48. The highest BCUT2D eigenvalue weighted by Gasteiger charge is 2.40. The minimum atomic E-state index is 0. The molecule has 1 unspecified atom stereocenters. The predicted octanol–water partition coefficient (Wildman–Crippen LogP) is 2.25. The minimum Gasteiger partial charge on any atom is -0.379 e. The highest BCUT2D eigenvalue weighted by atomic mass is 127. The van der Waals surface area contributed by atoms with Crippen LogP contribution in [0.15, 0.2) is 23.3 Å². The molecule has 0 aromatic carbocycles. The van der Waals surface area contributed by atoms with Crippen molar-refractivity contribution in [3.8, 4) is 0 Å². The summed E-state index contributed by atoms with van der Waals surface area (Å²) in [6, 6.07) is 4.26. The van der Waals surface area contributed by atoms with Crippen molar-refractivity contribution >= 4 is 41.7 Å². The molecule has 1 aromatic rings. The fourth-order valence-corrected chi connectivity index (χ4v) is 5.25. The van der Waals surface area contributed by atoms with Gasteiger partial charge in [0.15, 0.2) is 5.96 Å². The molecule has 2 aliphatic rings. The van der Waals surface area contributed by atoms with Crippen LogP contribution < -0.4 is 5.32 Å². The van der Waals surface area contributed by atoms with Gasteiger partial charge in [-0.15, -0.1) is 24.0 Å². The Morgan fingerprint density at radius 2 is 2.19 bits per heavy atom. The first-order valence-electron chi connectivity index (χ1n) is 9.65. The van der Waals surface area contributed by atoms with Gasteiger partial charge >= 0.3 is 0 Å². The van der Waals surface area contributed by atoms with E-state index in [-0.39, 0.29) is 29.5 Å². The molecule has 1 N–H and O–H groups in total. The second kappa shape index (κ2) is 10.9. The van der Waals surface area contributed by atoms with Gasteiger partial charge in [-0.2, -0.15) is 11.8 Å². The van der Waals surface area contributed by atoms with E-state index in [9.17, 15) is 0 Å². The molecular weight excluding hydrogens is 473 g/mol. The lowest BCUT2D eigenvalue weighted by molar-refractivity contribution is -0.0105. The molecule has 3 rings (SSSR count). The molecular formula is C19H34IN5OS. The highest BCUT2D eigenvalue weighted by molar-refractivity contribution is 14.0. The number of hydrogen-bond acceptors (Lipinski definition) is 4. The summed E-state index contributed by atoms with van der Waals surface area (Å²) in [5, 5.41) is 3.48. The van der Waals surface area contributed by atoms with Crippen molar-refractivity contribution in [1.29, 1.82) is 0 Å². The molecule has 0 saturated carbocycles. The zero-order valence-corrected chi connectivity index (χ0v) is 20.0. The van der Waals surface area contributed by atoms with Gasteiger partial charge in [-0.25, -0.2) is 0 Å². The van der Waals surface area contributed by atoms with E-state index in [1.54, 1.807) is 0 Å². The normalized spacial score (nSPS) is 23.9. The fourth-order valence-electron chi connectivity index (χ4n) is 3.78. The average Bonchev–Trinajstić information content (AvgIpc) is 3.30. The third-order valence-electron chi connectivity index (χ3n) is 5.43. The van der Waals surface area contributed by atoms with Crippen molar-refractivity contribution in [1.82, 2.24) is 19.7 Å². The number of thioether (sulfide) groups is 1. The Morgan fingerprint density at radius 1 is 1.41 bits per heavy atom. The summed E-state index contributed by atoms with van der Waals surface area (Å²) >= 11 is 2.06. The van der Waals surface area contributed by atoms with Crippen LogP contribution in [0.2, 0.25) is 0 Å². The standard InChI is InChI=1S/C19H33N5OS.HI/c1-4-20-18(23(3)14-17-6-5-8-22(17)2)21-15-19(7-13-26-16-19)24-9-11-25-12-10-24;/h5-6,8H,4,7,9-16H2,1-3H3,(H,20,21);1H. The molecule has 8 heteroatoms. The van der Waals surface area contributed by atoms with Gasteiger partial charge in [0.05, 0.1) is 31.8 Å². The molecule has 1 aromatic heterocycles. The molecule has 0 spiro atoms. The van der Waals surface area contributed by atoms with Crippen LogP contribution in [-0.2, 0) is 18.3 Å². The number of rotatable bonds is 6. The first kappa shape index (κ1) is 22.8. The van der Waals surface area contributed by atoms with E-state index in [1.807, 2.05) is 0 Å². The first-order chi connectivity index (χ1) is 12.6. The topological polar surface area (TPSA) is 45.0 Å². The second-order valence-corrected chi connectivity index (χ2v) is 8.37. The van der Waals surface area contributed by atoms with Crippen LogP contribution in [0.25, 0.3) is 0 Å². The van der Waals surface area contributed by atoms with Gasteiger partial charge < -0.3 is 19.5 Å². The van der Waals surface area contributed by atoms with Crippen molar-refractivity contribution in [2.45, 2.75) is 25.4 Å². The summed E-state index contributed by atoms with van der Waals surface area (Å²) < 4.78 is 7.74. The number of halogens is 1. The van der Waals surface area contributed by atoms with Crippen LogP contribution in [0.1, 0.15) is 19.0 Å². The van der Waals surface area contributed by atoms with E-state index in [0.717, 1.165) is 51.9 Å². The lowest BCUT2D eigenvalue weighted by Crippen LogP contribution is -2.56. The van der Waals surface area contributed by atoms with E-state index in [1.165, 1.54) is 23.6 Å². The zero-order valence-electron chi connectivity index (χ0n) is 16.8. The van der Waals surface area contributed by atoms with Crippen LogP contribution in [0, 0.1) is 0 Å². The van der Waals surface area contributed by atoms with Crippen LogP contribution in [0.4, 0.5) is 0 Å². The molecule has 2 fully saturated rings. The molecule has 27 heavy (non-hydrogen) atoms. The number of nitrogens with one attached hydrogen (secondary N) is 1. The number of ether oxygens (including phenoxy) is 1. The van der Waals surface area contributed by atoms with Gasteiger partial charge in [0.1, 0.15) is 0 Å². The maximum absolute atomic E-state index is 5.57. The Labute approximate surface area is 185 Å². The molecule has 2 saturated heterocycles. The number of aromatic nitrogens is 1. The Morgan fingerprint density at radius 3 is 2.78 bits per heavy atom. The zero-order chi connectivity index (χ0) is 18.4. The van der Waals surface area contributed by atoms with Crippen LogP contribution in [-0.4, -0.2) is 83.8 Å². The first-order valence-corrected chi connectivity index (χ1v) is 10.8. The number of guanidine groups is 1. The Hall–Kier alpha value is -0.450. The molecule has 0 radical (unpaired) electrons. The van der Waals surface area contributed by atoms with Crippen molar-refractivity contribution < 1.29 is 4.74 Å². The van der Waals surface area contributed by atoms with Crippen molar-refractivity contribution in [3.63, 3.8) is 0 Å². The monoisotopic (exact) mass is 507 g/mol. The Kier molecular flexibility index (Phi) is 9.24. The van der Waals surface area contributed by atoms with Gasteiger partial charge in [-0.05, 0) is 31.2 Å². The number of aryl methyl sites for hydroxylation is 1. The van der Waals surface area contributed by atoms with E-state index in [2.05, 4.69) is 70.8 Å². The molecule has 0 bridgehead atoms. The molecule has 2 aliphatic heterocycles. The summed E-state index contributed by atoms with van der Waals surface area (Å²) in [7, 11) is 4.22. The third-order valence-corrected chi connectivity index (χ3v) is 6.67. The quantitative estimate of drug-likeness (QED) is 0.364. The van der Waals surface area contributed by atoms with Gasteiger partial charge in [-0.1, -0.05) is 0 Å². The van der Waals surface area contributed by atoms with E-state index >= 15 is 0 Å². The Bertz CT molecular complexity index is 597. The van der Waals surface area contributed by atoms with Crippen LogP contribution >= 0.6 is 35.7 Å². The molecule has 0 amide bonds. The van der Waals surface area contributed by atoms with Crippen molar-refractivity contribution in [2.75, 3.05) is 57.9 Å². The van der Waals surface area contributed by atoms with Crippen molar-refractivity contribution in [2.24, 2.45) is 12.0 Å². The molecule has 6 nitrogen and oxygen atoms in total. The summed E-state index contributed by atoms with van der Waals surface area (Å²) in [6.45, 7) is 8.50. The van der Waals surface area contributed by atoms with Gasteiger partial charge in [0.2, 0.25) is 0 Å². The SMILES string of the molecule is CCNC(=NCC1(N2CCOCC2)CCSC1)N(C)Cc1cccn1C.I. The second-order valence-electron chi connectivity index (χ2n) is 7.26. The summed E-state index contributed by atoms with van der Waals surface area (Å²) in [4.78, 5) is 9.94. The average molecular weight is 507 g/mol. The highest BCUT2D eigenvalue weighted by Crippen LogP contribution is 2.34. The minimum absolute atomic E-state index is 0. The summed E-state index contributed by atoms with van der Waals surface area (Å²) in [5.74, 6) is 3.42. The van der Waals surface area contributed by atoms with Gasteiger partial charge in [0, 0.05) is 51.4 Å². The van der Waals surface area contributed by atoms with E-state index in [4.69, 9.17) is 9.73 Å². The van der Waals surface area contributed by atoms with Crippen molar-refractivity contribution in [3.05, 3.63) is 24.0 Å². The van der Waals surface area contributed by atoms with Gasteiger partial charge in [0.25, 0.3) is 0 Å². The molecule has 0 aliphatic carbocycles. The number of nitrogens with zero attached hydrogens (tertiary/aromatic N) is 4. The smallest absolute Gasteiger partial charge is 0.194 e. The van der Waals surface area contributed by atoms with Crippen LogP contribution in [0.3, 0.4) is 0 Å². The van der Waals surface area contributed by atoms with E-state index < -0.39 is 0 Å². The lowest BCUT2D eigenvalue weighted by atomic mass is 9.96. The molecule has 154 valence electrons. The largest absolute Gasteiger partial charge is 0.379 e. The number of hydrogen-bond donors (Lipinski definition) is 1. The van der Waals surface area contributed by atoms with Crippen LogP contribution in [0.5, 0.6) is 0 Å². The molecule has 1 atom stereocenters. The number of morpholine rings is 1. The Balaban J connectivity index is 0.00000261. The summed E-state index contributed by atoms with van der Waals surface area (Å²) in [6.07, 6.45) is 3.32. The fraction of sp³-hybridized carbons (Fsp3) is 0.737. The predicted molar refractivity (Wildman–Crippen MR) is 125 cm³/mol. The van der Waals surface area contributed by atoms with E-state index in [0.29, 0.717) is 0 Å². The lowest BCUT2D eigenvalue weighted by Gasteiger charge is -2.42. The molecule has 3 heterocycles.